The van der Waals surface area contributed by atoms with Crippen LogP contribution in [0.1, 0.15) is 70.6 Å². The molecule has 0 aromatic rings. The van der Waals surface area contributed by atoms with Crippen molar-refractivity contribution < 1.29 is 9.59 Å². The van der Waals surface area contributed by atoms with Crippen molar-refractivity contribution in [2.75, 3.05) is 0 Å². The van der Waals surface area contributed by atoms with Crippen LogP contribution in [-0.2, 0) is 9.59 Å². The zero-order valence-corrected chi connectivity index (χ0v) is 14.1. The molecule has 0 heterocycles. The Balaban J connectivity index is 1.47. The Hall–Kier alpha value is -1.18. The van der Waals surface area contributed by atoms with Crippen molar-refractivity contribution in [3.8, 4) is 0 Å². The van der Waals surface area contributed by atoms with Crippen LogP contribution in [0.25, 0.3) is 0 Å². The number of ketones is 2. The van der Waals surface area contributed by atoms with Crippen LogP contribution in [-0.4, -0.2) is 11.6 Å². The molecule has 0 aliphatic heterocycles. The summed E-state index contributed by atoms with van der Waals surface area (Å²) in [5, 5.41) is 0. The van der Waals surface area contributed by atoms with Gasteiger partial charge in [-0.3, -0.25) is 9.59 Å². The van der Waals surface area contributed by atoms with Crippen molar-refractivity contribution in [2.24, 2.45) is 23.7 Å². The van der Waals surface area contributed by atoms with Gasteiger partial charge in [-0.1, -0.05) is 36.1 Å². The smallest absolute Gasteiger partial charge is 0.133 e. The minimum absolute atomic E-state index is 0.467. The molecule has 0 amide bonds. The van der Waals surface area contributed by atoms with Crippen LogP contribution in [0.4, 0.5) is 0 Å². The lowest BCUT2D eigenvalue weighted by molar-refractivity contribution is -0.120. The highest BCUT2D eigenvalue weighted by molar-refractivity contribution is 5.80. The van der Waals surface area contributed by atoms with Crippen molar-refractivity contribution in [3.63, 3.8) is 0 Å². The van der Waals surface area contributed by atoms with Crippen LogP contribution < -0.4 is 0 Å². The second-order valence-corrected chi connectivity index (χ2v) is 8.15. The van der Waals surface area contributed by atoms with Crippen LogP contribution in [0.3, 0.4) is 0 Å². The molecule has 124 valence electrons. The van der Waals surface area contributed by atoms with E-state index < -0.39 is 0 Å². The van der Waals surface area contributed by atoms with Crippen LogP contribution in [0, 0.1) is 23.7 Å². The number of fused-ring (bicyclic) bond motifs is 2. The summed E-state index contributed by atoms with van der Waals surface area (Å²) in [5.74, 6) is 3.10. The van der Waals surface area contributed by atoms with E-state index in [0.29, 0.717) is 35.2 Å². The second-order valence-electron chi connectivity index (χ2n) is 8.15. The van der Waals surface area contributed by atoms with Gasteiger partial charge >= 0.3 is 0 Å². The van der Waals surface area contributed by atoms with Crippen LogP contribution >= 0.6 is 0 Å². The highest BCUT2D eigenvalue weighted by Gasteiger charge is 2.40. The molecular formula is C21H28O2. The zero-order chi connectivity index (χ0) is 15.8. The van der Waals surface area contributed by atoms with E-state index in [1.165, 1.54) is 32.1 Å². The largest absolute Gasteiger partial charge is 0.300 e. The topological polar surface area (TPSA) is 34.1 Å². The summed E-state index contributed by atoms with van der Waals surface area (Å²) in [4.78, 5) is 23.9. The lowest BCUT2D eigenvalue weighted by Gasteiger charge is -2.24. The molecule has 0 aromatic carbocycles. The first-order chi connectivity index (χ1) is 11.2. The monoisotopic (exact) mass is 312 g/mol. The van der Waals surface area contributed by atoms with E-state index in [-0.39, 0.29) is 0 Å². The van der Waals surface area contributed by atoms with E-state index in [2.05, 4.69) is 12.2 Å². The van der Waals surface area contributed by atoms with E-state index in [0.717, 1.165) is 38.5 Å². The highest BCUT2D eigenvalue weighted by Crippen LogP contribution is 2.51. The first-order valence-corrected chi connectivity index (χ1v) is 9.67. The molecule has 4 aliphatic rings. The van der Waals surface area contributed by atoms with Crippen molar-refractivity contribution in [2.45, 2.75) is 70.6 Å². The molecule has 23 heavy (non-hydrogen) atoms. The third kappa shape index (κ3) is 3.09. The van der Waals surface area contributed by atoms with Gasteiger partial charge < -0.3 is 0 Å². The lowest BCUT2D eigenvalue weighted by atomic mass is 9.80. The summed E-state index contributed by atoms with van der Waals surface area (Å²) in [6.07, 6.45) is 16.4. The van der Waals surface area contributed by atoms with E-state index in [1.807, 2.05) is 0 Å². The Bertz CT molecular complexity index is 518. The zero-order valence-electron chi connectivity index (χ0n) is 14.1. The van der Waals surface area contributed by atoms with Crippen LogP contribution in [0.2, 0.25) is 0 Å². The molecule has 4 atom stereocenters. The molecule has 2 bridgehead atoms. The van der Waals surface area contributed by atoms with E-state index in [1.54, 1.807) is 11.1 Å². The summed E-state index contributed by atoms with van der Waals surface area (Å²) in [5.41, 5.74) is 3.13. The van der Waals surface area contributed by atoms with E-state index in [4.69, 9.17) is 0 Å². The van der Waals surface area contributed by atoms with Gasteiger partial charge in [-0.05, 0) is 55.8 Å². The second kappa shape index (κ2) is 6.37. The van der Waals surface area contributed by atoms with Gasteiger partial charge in [-0.25, -0.2) is 0 Å². The minimum Gasteiger partial charge on any atom is -0.300 e. The third-order valence-corrected chi connectivity index (χ3v) is 6.56. The molecule has 0 N–H and O–H groups in total. The number of hydrogen-bond acceptors (Lipinski definition) is 2. The van der Waals surface area contributed by atoms with Crippen molar-refractivity contribution in [1.82, 2.24) is 0 Å². The molecule has 0 unspecified atom stereocenters. The molecule has 0 saturated heterocycles. The molecule has 2 fully saturated rings. The fourth-order valence-electron chi connectivity index (χ4n) is 5.42. The number of rotatable bonds is 2. The Kier molecular flexibility index (Phi) is 4.26. The van der Waals surface area contributed by atoms with Crippen molar-refractivity contribution in [1.29, 1.82) is 0 Å². The maximum atomic E-state index is 12.0. The minimum atomic E-state index is 0.467. The highest BCUT2D eigenvalue weighted by atomic mass is 16.1. The molecule has 4 aliphatic carbocycles. The summed E-state index contributed by atoms with van der Waals surface area (Å²) >= 11 is 0. The molecule has 0 aromatic heterocycles. The van der Waals surface area contributed by atoms with Crippen molar-refractivity contribution >= 4 is 11.6 Å². The number of hydrogen-bond donors (Lipinski definition) is 0. The van der Waals surface area contributed by atoms with Crippen LogP contribution in [0.5, 0.6) is 0 Å². The maximum absolute atomic E-state index is 12.0. The summed E-state index contributed by atoms with van der Waals surface area (Å²) in [6.45, 7) is 0. The standard InChI is InChI=1S/C21H28O2/c22-18-7-3-1-5-14(10-18)20-12-17-9-16(20)13-21(17)15-6-2-4-8-19(23)11-15/h12-17H,1-11H2/t14-,15-,16-,17-/m1/s1. The molecule has 2 nitrogen and oxygen atoms in total. The number of carbonyl (C=O) groups excluding carboxylic acids is 2. The van der Waals surface area contributed by atoms with Gasteiger partial charge in [0.15, 0.2) is 0 Å². The first-order valence-electron chi connectivity index (χ1n) is 9.67. The van der Waals surface area contributed by atoms with Gasteiger partial charge in [-0.2, -0.15) is 0 Å². The summed E-state index contributed by atoms with van der Waals surface area (Å²) < 4.78 is 0. The fourth-order valence-corrected chi connectivity index (χ4v) is 5.42. The molecule has 0 spiro atoms. The van der Waals surface area contributed by atoms with Gasteiger partial charge in [0.2, 0.25) is 0 Å². The third-order valence-electron chi connectivity index (χ3n) is 6.56. The first kappa shape index (κ1) is 15.4. The summed E-state index contributed by atoms with van der Waals surface area (Å²) in [6, 6.07) is 0. The molecule has 2 saturated carbocycles. The lowest BCUT2D eigenvalue weighted by Crippen LogP contribution is -2.15. The predicted molar refractivity (Wildman–Crippen MR) is 90.9 cm³/mol. The Morgan fingerprint density at radius 3 is 1.61 bits per heavy atom. The average Bonchev–Trinajstić information content (AvgIpc) is 2.97. The van der Waals surface area contributed by atoms with Gasteiger partial charge in [0.1, 0.15) is 11.6 Å². The maximum Gasteiger partial charge on any atom is 0.133 e. The molecule has 0 radical (unpaired) electrons. The normalized spacial score (nSPS) is 38.1. The summed E-state index contributed by atoms with van der Waals surface area (Å²) in [7, 11) is 0. The van der Waals surface area contributed by atoms with Gasteiger partial charge in [0.25, 0.3) is 0 Å². The van der Waals surface area contributed by atoms with Crippen molar-refractivity contribution in [3.05, 3.63) is 23.3 Å². The number of Topliss-reactive ketones (excluding diaryl/α,β-unsaturated/α-hetero) is 2. The molecular weight excluding hydrogens is 284 g/mol. The Morgan fingerprint density at radius 2 is 1.17 bits per heavy atom. The van der Waals surface area contributed by atoms with Gasteiger partial charge in [0.05, 0.1) is 0 Å². The predicted octanol–water partition coefficient (Wildman–Crippen LogP) is 4.79. The van der Waals surface area contributed by atoms with Gasteiger partial charge in [-0.15, -0.1) is 0 Å². The Labute approximate surface area is 139 Å². The molecule has 4 rings (SSSR count). The SMILES string of the molecule is O=C1CCCC[C@@H](C2=C[C@H]3C[C@@H]2C=C3[C@@H]2CCCCC(=O)C2)C1. The fraction of sp³-hybridized carbons (Fsp3) is 0.714. The van der Waals surface area contributed by atoms with E-state index in [9.17, 15) is 9.59 Å². The number of allylic oxidation sites excluding steroid dienone is 4. The Morgan fingerprint density at radius 1 is 0.696 bits per heavy atom. The quantitative estimate of drug-likeness (QED) is 0.543. The van der Waals surface area contributed by atoms with E-state index >= 15 is 0 Å². The number of carbonyl (C=O) groups is 2. The average molecular weight is 312 g/mol. The molecule has 2 heteroatoms. The van der Waals surface area contributed by atoms with Gasteiger partial charge in [0, 0.05) is 25.7 Å². The van der Waals surface area contributed by atoms with Crippen LogP contribution in [0.15, 0.2) is 23.3 Å².